The van der Waals surface area contributed by atoms with Crippen molar-refractivity contribution in [2.24, 2.45) is 0 Å². The molecule has 8 nitrogen and oxygen atoms in total. The van der Waals surface area contributed by atoms with E-state index in [2.05, 4.69) is 5.32 Å². The molecule has 2 amide bonds. The molecule has 10 heteroatoms. The molecular weight excluding hydrogens is 526 g/mol. The lowest BCUT2D eigenvalue weighted by atomic mass is 10.1. The number of halogens is 1. The van der Waals surface area contributed by atoms with Gasteiger partial charge in [0, 0.05) is 24.7 Å². The van der Waals surface area contributed by atoms with Gasteiger partial charge in [0.25, 0.3) is 0 Å². The Labute approximate surface area is 229 Å². The van der Waals surface area contributed by atoms with E-state index in [9.17, 15) is 18.0 Å². The molecule has 0 bridgehead atoms. The highest BCUT2D eigenvalue weighted by molar-refractivity contribution is 7.88. The number of hydrogen-bond donors (Lipinski definition) is 1. The van der Waals surface area contributed by atoms with Crippen LogP contribution in [0.3, 0.4) is 0 Å². The van der Waals surface area contributed by atoms with E-state index in [1.165, 1.54) is 4.90 Å². The molecular formula is C28H32ClN3O5S. The highest BCUT2D eigenvalue weighted by Gasteiger charge is 2.30. The summed E-state index contributed by atoms with van der Waals surface area (Å²) in [5.74, 6) is -0.230. The average Bonchev–Trinajstić information content (AvgIpc) is 2.90. The van der Waals surface area contributed by atoms with E-state index >= 15 is 0 Å². The Morgan fingerprint density at radius 1 is 0.921 bits per heavy atom. The highest BCUT2D eigenvalue weighted by Crippen LogP contribution is 2.18. The molecule has 0 fully saturated rings. The molecule has 0 radical (unpaired) electrons. The summed E-state index contributed by atoms with van der Waals surface area (Å²) in [5.41, 5.74) is 2.26. The largest absolute Gasteiger partial charge is 0.497 e. The van der Waals surface area contributed by atoms with Gasteiger partial charge in [-0.2, -0.15) is 4.31 Å². The summed E-state index contributed by atoms with van der Waals surface area (Å²) in [6.07, 6.45) is 1.07. The number of nitrogens with zero attached hydrogens (tertiary/aromatic N) is 2. The maximum Gasteiger partial charge on any atom is 0.242 e. The van der Waals surface area contributed by atoms with Crippen molar-refractivity contribution in [3.05, 3.63) is 101 Å². The quantitative estimate of drug-likeness (QED) is 0.365. The number of rotatable bonds is 12. The molecule has 0 spiro atoms. The first-order valence-corrected chi connectivity index (χ1v) is 14.2. The van der Waals surface area contributed by atoms with E-state index in [-0.39, 0.29) is 25.5 Å². The van der Waals surface area contributed by atoms with Crippen LogP contribution in [-0.2, 0) is 39.2 Å². The smallest absolute Gasteiger partial charge is 0.242 e. The summed E-state index contributed by atoms with van der Waals surface area (Å²) >= 11 is 6.21. The Balaban J connectivity index is 1.82. The maximum atomic E-state index is 13.6. The van der Waals surface area contributed by atoms with Gasteiger partial charge in [-0.25, -0.2) is 8.42 Å². The minimum absolute atomic E-state index is 0.0366. The molecule has 3 rings (SSSR count). The van der Waals surface area contributed by atoms with E-state index in [1.807, 2.05) is 12.1 Å². The topological polar surface area (TPSA) is 96.0 Å². The van der Waals surface area contributed by atoms with Gasteiger partial charge in [0.15, 0.2) is 0 Å². The second-order valence-corrected chi connectivity index (χ2v) is 11.3. The van der Waals surface area contributed by atoms with Crippen molar-refractivity contribution >= 4 is 33.4 Å². The lowest BCUT2D eigenvalue weighted by Crippen LogP contribution is -2.50. The monoisotopic (exact) mass is 557 g/mol. The van der Waals surface area contributed by atoms with Gasteiger partial charge in [-0.3, -0.25) is 9.59 Å². The van der Waals surface area contributed by atoms with Gasteiger partial charge in [-0.1, -0.05) is 72.3 Å². The second kappa shape index (κ2) is 13.4. The number of benzene rings is 3. The van der Waals surface area contributed by atoms with E-state index in [0.29, 0.717) is 10.8 Å². The summed E-state index contributed by atoms with van der Waals surface area (Å²) in [7, 11) is -2.16. The van der Waals surface area contributed by atoms with Crippen molar-refractivity contribution in [2.45, 2.75) is 32.6 Å². The average molecular weight is 558 g/mol. The van der Waals surface area contributed by atoms with Crippen molar-refractivity contribution in [3.8, 4) is 5.75 Å². The molecule has 202 valence electrons. The maximum absolute atomic E-state index is 13.6. The lowest BCUT2D eigenvalue weighted by molar-refractivity contribution is -0.140. The fourth-order valence-corrected chi connectivity index (χ4v) is 4.73. The molecule has 0 saturated carbocycles. The van der Waals surface area contributed by atoms with Gasteiger partial charge in [0.2, 0.25) is 21.8 Å². The zero-order valence-electron chi connectivity index (χ0n) is 21.6. The minimum atomic E-state index is -3.72. The highest BCUT2D eigenvalue weighted by atomic mass is 35.5. The Bertz CT molecular complexity index is 1330. The van der Waals surface area contributed by atoms with Gasteiger partial charge in [-0.15, -0.1) is 0 Å². The molecule has 0 aliphatic heterocycles. The van der Waals surface area contributed by atoms with Crippen LogP contribution in [0, 0.1) is 0 Å². The van der Waals surface area contributed by atoms with Crippen molar-refractivity contribution in [1.29, 1.82) is 0 Å². The van der Waals surface area contributed by atoms with Gasteiger partial charge >= 0.3 is 0 Å². The minimum Gasteiger partial charge on any atom is -0.497 e. The number of nitrogens with one attached hydrogen (secondary N) is 1. The summed E-state index contributed by atoms with van der Waals surface area (Å²) in [6.45, 7) is 1.54. The van der Waals surface area contributed by atoms with Crippen LogP contribution in [-0.4, -0.2) is 55.4 Å². The van der Waals surface area contributed by atoms with Gasteiger partial charge < -0.3 is 15.0 Å². The van der Waals surface area contributed by atoms with Crippen molar-refractivity contribution < 1.29 is 22.7 Å². The lowest BCUT2D eigenvalue weighted by Gasteiger charge is -2.31. The normalized spacial score (nSPS) is 12.1. The van der Waals surface area contributed by atoms with Crippen LogP contribution < -0.4 is 10.1 Å². The number of amides is 2. The van der Waals surface area contributed by atoms with Crippen molar-refractivity contribution in [3.63, 3.8) is 0 Å². The summed E-state index contributed by atoms with van der Waals surface area (Å²) in [5, 5.41) is 3.36. The molecule has 1 N–H and O–H groups in total. The zero-order valence-corrected chi connectivity index (χ0v) is 23.2. The van der Waals surface area contributed by atoms with Crippen LogP contribution >= 0.6 is 11.6 Å². The third-order valence-electron chi connectivity index (χ3n) is 6.07. The third-order valence-corrected chi connectivity index (χ3v) is 7.64. The van der Waals surface area contributed by atoms with Crippen LogP contribution in [0.2, 0.25) is 5.02 Å². The van der Waals surface area contributed by atoms with Crippen LogP contribution in [0.5, 0.6) is 5.75 Å². The van der Waals surface area contributed by atoms with Crippen LogP contribution in [0.4, 0.5) is 0 Å². The molecule has 0 aliphatic rings. The second-order valence-electron chi connectivity index (χ2n) is 8.87. The van der Waals surface area contributed by atoms with E-state index in [4.69, 9.17) is 16.3 Å². The Morgan fingerprint density at radius 2 is 1.53 bits per heavy atom. The molecule has 0 saturated heterocycles. The Hall–Kier alpha value is -3.40. The van der Waals surface area contributed by atoms with Crippen LogP contribution in [0.15, 0.2) is 78.9 Å². The van der Waals surface area contributed by atoms with Gasteiger partial charge in [0.05, 0.1) is 19.9 Å². The third kappa shape index (κ3) is 8.31. The number of sulfonamides is 1. The van der Waals surface area contributed by atoms with Crippen molar-refractivity contribution in [2.75, 3.05) is 19.9 Å². The van der Waals surface area contributed by atoms with Crippen molar-refractivity contribution in [1.82, 2.24) is 14.5 Å². The molecule has 3 aromatic rings. The first-order chi connectivity index (χ1) is 18.1. The fraction of sp³-hybridized carbons (Fsp3) is 0.286. The Kier molecular flexibility index (Phi) is 10.3. The van der Waals surface area contributed by atoms with Crippen LogP contribution in [0.1, 0.15) is 23.6 Å². The molecule has 1 atom stereocenters. The predicted octanol–water partition coefficient (Wildman–Crippen LogP) is 3.84. The first-order valence-electron chi connectivity index (χ1n) is 12.0. The molecule has 0 aromatic heterocycles. The van der Waals surface area contributed by atoms with E-state index in [0.717, 1.165) is 27.3 Å². The predicted molar refractivity (Wildman–Crippen MR) is 148 cm³/mol. The molecule has 0 aliphatic carbocycles. The van der Waals surface area contributed by atoms with E-state index in [1.54, 1.807) is 80.8 Å². The fourth-order valence-electron chi connectivity index (χ4n) is 3.80. The number of carbonyl (C=O) groups excluding carboxylic acids is 2. The van der Waals surface area contributed by atoms with Crippen LogP contribution in [0.25, 0.3) is 0 Å². The van der Waals surface area contributed by atoms with Gasteiger partial charge in [-0.05, 0) is 41.8 Å². The molecule has 0 heterocycles. The standard InChI is InChI=1S/C28H32ClN3O5S/c1-21(28(34)30-17-24-11-7-8-12-26(24)29)32(19-23-13-15-25(37-2)16-14-23)27(33)20-31(38(3,35)36)18-22-9-5-4-6-10-22/h4-16,21H,17-20H2,1-3H3,(H,30,34). The summed E-state index contributed by atoms with van der Waals surface area (Å²) in [6, 6.07) is 22.4. The molecule has 3 aromatic carbocycles. The number of methoxy groups -OCH3 is 1. The molecule has 38 heavy (non-hydrogen) atoms. The Morgan fingerprint density at radius 3 is 2.13 bits per heavy atom. The SMILES string of the molecule is COc1ccc(CN(C(=O)CN(Cc2ccccc2)S(C)(=O)=O)C(C)C(=O)NCc2ccccc2Cl)cc1. The summed E-state index contributed by atoms with van der Waals surface area (Å²) < 4.78 is 31.5. The number of carbonyl (C=O) groups is 2. The molecule has 1 unspecified atom stereocenters. The van der Waals surface area contributed by atoms with Gasteiger partial charge in [0.1, 0.15) is 11.8 Å². The number of ether oxygens (including phenoxy) is 1. The van der Waals surface area contributed by atoms with E-state index < -0.39 is 28.5 Å². The zero-order chi connectivity index (χ0) is 27.7. The first kappa shape index (κ1) is 29.2. The summed E-state index contributed by atoms with van der Waals surface area (Å²) in [4.78, 5) is 28.1. The number of hydrogen-bond acceptors (Lipinski definition) is 5.